The Morgan fingerprint density at radius 1 is 0.925 bits per heavy atom. The van der Waals surface area contributed by atoms with E-state index in [2.05, 4.69) is 53.4 Å². The average molecular weight is 547 g/mol. The van der Waals surface area contributed by atoms with Crippen molar-refractivity contribution >= 4 is 11.9 Å². The topological polar surface area (TPSA) is 77.4 Å². The molecule has 3 aromatic carbocycles. The number of ether oxygens (including phenoxy) is 2. The summed E-state index contributed by atoms with van der Waals surface area (Å²) in [5.41, 5.74) is 6.13. The van der Waals surface area contributed by atoms with E-state index in [-0.39, 0.29) is 17.6 Å². The smallest absolute Gasteiger partial charge is 0.373 e. The van der Waals surface area contributed by atoms with Crippen LogP contribution in [0.5, 0.6) is 11.5 Å². The zero-order valence-electron chi connectivity index (χ0n) is 23.2. The lowest BCUT2D eigenvalue weighted by molar-refractivity contribution is -0.191. The van der Waals surface area contributed by atoms with Crippen LogP contribution in [0.2, 0.25) is 0 Å². The van der Waals surface area contributed by atoms with E-state index in [1.165, 1.54) is 17.7 Å². The third-order valence-electron chi connectivity index (χ3n) is 7.26. The largest absolute Gasteiger partial charge is 0.493 e. The molecule has 0 amide bonds. The van der Waals surface area contributed by atoms with Crippen molar-refractivity contribution in [3.05, 3.63) is 83.2 Å². The highest BCUT2D eigenvalue weighted by atomic mass is 19.1. The standard InChI is InChI=1S/C31H35FN2O3.CO2/c1-4-35-28-18-23(19-29(36-5-2)30(28)25-10-12-26(32)13-11-25)21-34-16-14-31(15-17-34)20-27(33-37-31)24-8-6-22(3)7-9-24;2-1-3/h6-13,18-19H,4-5,14-17,20-21H2,1-3H3;. The summed E-state index contributed by atoms with van der Waals surface area (Å²) in [6.07, 6.45) is 2.99. The Balaban J connectivity index is 0.00000118. The summed E-state index contributed by atoms with van der Waals surface area (Å²) in [7, 11) is 0. The van der Waals surface area contributed by atoms with E-state index in [1.807, 2.05) is 13.8 Å². The molecule has 40 heavy (non-hydrogen) atoms. The number of halogens is 1. The molecule has 2 heterocycles. The van der Waals surface area contributed by atoms with Gasteiger partial charge >= 0.3 is 6.15 Å². The molecule has 3 aromatic rings. The number of hydrogen-bond acceptors (Lipinski definition) is 7. The fourth-order valence-electron chi connectivity index (χ4n) is 5.24. The molecular weight excluding hydrogens is 511 g/mol. The summed E-state index contributed by atoms with van der Waals surface area (Å²) in [6, 6.07) is 19.2. The van der Waals surface area contributed by atoms with Gasteiger partial charge in [-0.25, -0.2) is 4.39 Å². The molecule has 0 atom stereocenters. The summed E-state index contributed by atoms with van der Waals surface area (Å²) in [4.78, 5) is 24.8. The molecule has 1 spiro atoms. The SMILES string of the molecule is CCOc1cc(CN2CCC3(CC2)CC(c2ccc(C)cc2)=NO3)cc(OCC)c1-c1ccc(F)cc1.O=C=O. The number of carbonyl (C=O) groups excluding carboxylic acids is 2. The third-order valence-corrected chi connectivity index (χ3v) is 7.26. The first-order valence-electron chi connectivity index (χ1n) is 13.6. The van der Waals surface area contributed by atoms with Gasteiger partial charge in [0.15, 0.2) is 0 Å². The van der Waals surface area contributed by atoms with Gasteiger partial charge in [-0.1, -0.05) is 47.1 Å². The average Bonchev–Trinajstić information content (AvgIpc) is 3.36. The number of oxime groups is 1. The summed E-state index contributed by atoms with van der Waals surface area (Å²) in [5, 5.41) is 4.47. The van der Waals surface area contributed by atoms with Crippen LogP contribution in [0.25, 0.3) is 11.1 Å². The minimum atomic E-state index is -0.262. The Morgan fingerprint density at radius 3 is 2.02 bits per heavy atom. The van der Waals surface area contributed by atoms with E-state index in [0.29, 0.717) is 13.2 Å². The number of aryl methyl sites for hydroxylation is 1. The molecule has 8 heteroatoms. The van der Waals surface area contributed by atoms with E-state index in [1.54, 1.807) is 12.1 Å². The quantitative estimate of drug-likeness (QED) is 0.336. The first-order chi connectivity index (χ1) is 19.4. The van der Waals surface area contributed by atoms with Gasteiger partial charge in [0.25, 0.3) is 0 Å². The van der Waals surface area contributed by atoms with Crippen LogP contribution in [0.15, 0.2) is 65.8 Å². The van der Waals surface area contributed by atoms with Crippen molar-refractivity contribution in [1.82, 2.24) is 4.90 Å². The zero-order valence-corrected chi connectivity index (χ0v) is 23.2. The molecule has 0 saturated carbocycles. The molecule has 0 N–H and O–H groups in total. The molecule has 210 valence electrons. The first kappa shape index (κ1) is 29.0. The highest BCUT2D eigenvalue weighted by Crippen LogP contribution is 2.41. The fraction of sp³-hybridized carbons (Fsp3) is 0.375. The molecule has 2 aliphatic rings. The minimum absolute atomic E-state index is 0.198. The van der Waals surface area contributed by atoms with Gasteiger partial charge in [0.2, 0.25) is 0 Å². The van der Waals surface area contributed by atoms with Crippen molar-refractivity contribution in [3.63, 3.8) is 0 Å². The highest BCUT2D eigenvalue weighted by molar-refractivity contribution is 6.01. The number of nitrogens with zero attached hydrogens (tertiary/aromatic N) is 2. The normalized spacial score (nSPS) is 15.8. The zero-order chi connectivity index (χ0) is 28.5. The maximum atomic E-state index is 13.6. The van der Waals surface area contributed by atoms with Gasteiger partial charge in [-0.2, -0.15) is 9.59 Å². The molecule has 5 rings (SSSR count). The van der Waals surface area contributed by atoms with E-state index in [9.17, 15) is 4.39 Å². The second kappa shape index (κ2) is 13.4. The maximum Gasteiger partial charge on any atom is 0.373 e. The second-order valence-corrected chi connectivity index (χ2v) is 10.1. The molecular formula is C32H35FN2O5. The number of likely N-dealkylation sites (tertiary alicyclic amines) is 1. The number of hydrogen-bond donors (Lipinski definition) is 0. The van der Waals surface area contributed by atoms with Crippen molar-refractivity contribution in [1.29, 1.82) is 0 Å². The van der Waals surface area contributed by atoms with Crippen LogP contribution in [0.4, 0.5) is 4.39 Å². The van der Waals surface area contributed by atoms with E-state index >= 15 is 0 Å². The Hall–Kier alpha value is -4.00. The summed E-state index contributed by atoms with van der Waals surface area (Å²) < 4.78 is 25.7. The van der Waals surface area contributed by atoms with Crippen LogP contribution in [-0.2, 0) is 21.0 Å². The van der Waals surface area contributed by atoms with Crippen molar-refractivity contribution in [2.75, 3.05) is 26.3 Å². The number of piperidine rings is 1. The second-order valence-electron chi connectivity index (χ2n) is 10.1. The Bertz CT molecular complexity index is 1310. The molecule has 0 unspecified atom stereocenters. The Kier molecular flexibility index (Phi) is 9.70. The maximum absolute atomic E-state index is 13.6. The van der Waals surface area contributed by atoms with Crippen molar-refractivity contribution in [2.24, 2.45) is 5.16 Å². The number of rotatable bonds is 8. The molecule has 2 aliphatic heterocycles. The Morgan fingerprint density at radius 2 is 1.48 bits per heavy atom. The summed E-state index contributed by atoms with van der Waals surface area (Å²) in [5.74, 6) is 1.26. The molecule has 1 fully saturated rings. The predicted molar refractivity (Wildman–Crippen MR) is 150 cm³/mol. The van der Waals surface area contributed by atoms with Crippen LogP contribution < -0.4 is 9.47 Å². The van der Waals surface area contributed by atoms with Crippen LogP contribution in [0, 0.1) is 12.7 Å². The van der Waals surface area contributed by atoms with Gasteiger partial charge in [-0.15, -0.1) is 0 Å². The first-order valence-corrected chi connectivity index (χ1v) is 13.6. The molecule has 0 radical (unpaired) electrons. The van der Waals surface area contributed by atoms with Gasteiger partial charge in [0.05, 0.1) is 24.5 Å². The van der Waals surface area contributed by atoms with E-state index < -0.39 is 0 Å². The van der Waals surface area contributed by atoms with Gasteiger partial charge in [0.1, 0.15) is 22.9 Å². The summed E-state index contributed by atoms with van der Waals surface area (Å²) in [6.45, 7) is 9.78. The molecule has 1 saturated heterocycles. The van der Waals surface area contributed by atoms with Crippen LogP contribution in [0.1, 0.15) is 49.8 Å². The van der Waals surface area contributed by atoms with Gasteiger partial charge in [0, 0.05) is 38.9 Å². The lowest BCUT2D eigenvalue weighted by atomic mass is 9.85. The minimum Gasteiger partial charge on any atom is -0.493 e. The fourth-order valence-corrected chi connectivity index (χ4v) is 5.24. The van der Waals surface area contributed by atoms with Gasteiger partial charge < -0.3 is 14.3 Å². The monoisotopic (exact) mass is 546 g/mol. The predicted octanol–water partition coefficient (Wildman–Crippen LogP) is 6.17. The highest BCUT2D eigenvalue weighted by Gasteiger charge is 2.42. The number of benzene rings is 3. The lowest BCUT2D eigenvalue weighted by Crippen LogP contribution is -2.44. The van der Waals surface area contributed by atoms with Crippen molar-refractivity contribution in [2.45, 2.75) is 52.2 Å². The van der Waals surface area contributed by atoms with Gasteiger partial charge in [-0.05, 0) is 61.7 Å². The van der Waals surface area contributed by atoms with Crippen molar-refractivity contribution in [3.8, 4) is 22.6 Å². The lowest BCUT2D eigenvalue weighted by Gasteiger charge is -2.37. The van der Waals surface area contributed by atoms with Crippen LogP contribution >= 0.6 is 0 Å². The molecule has 0 bridgehead atoms. The van der Waals surface area contributed by atoms with Gasteiger partial charge in [-0.3, -0.25) is 4.90 Å². The Labute approximate surface area is 234 Å². The molecule has 0 aromatic heterocycles. The molecule has 7 nitrogen and oxygen atoms in total. The summed E-state index contributed by atoms with van der Waals surface area (Å²) >= 11 is 0. The van der Waals surface area contributed by atoms with Crippen molar-refractivity contribution < 1.29 is 28.3 Å². The van der Waals surface area contributed by atoms with Crippen LogP contribution in [-0.4, -0.2) is 48.7 Å². The third kappa shape index (κ3) is 6.95. The van der Waals surface area contributed by atoms with Crippen LogP contribution in [0.3, 0.4) is 0 Å². The van der Waals surface area contributed by atoms with E-state index in [4.69, 9.17) is 23.9 Å². The van der Waals surface area contributed by atoms with E-state index in [0.717, 1.165) is 78.4 Å². The molecule has 0 aliphatic carbocycles.